The predicted octanol–water partition coefficient (Wildman–Crippen LogP) is 1.62. The van der Waals surface area contributed by atoms with Crippen LogP contribution in [0.3, 0.4) is 0 Å². The highest BCUT2D eigenvalue weighted by Gasteiger charge is 2.09. The van der Waals surface area contributed by atoms with Gasteiger partial charge in [-0.05, 0) is 18.6 Å². The number of nitrogens with one attached hydrogen (secondary N) is 2. The normalized spacial score (nSPS) is 11.8. The number of hydrogen-bond donors (Lipinski definition) is 3. The van der Waals surface area contributed by atoms with Gasteiger partial charge in [-0.2, -0.15) is 5.10 Å². The number of amidine groups is 1. The standard InChI is InChI=1S/C15H17N7O/c1-9-11-3-4-17-15(11)18-7-12(9)21-13(16)5-14(23)20-10-6-19-22(2)8-10/h3-4,6-8H,5H2,1-2H3,(H2,16,21)(H,17,18)(H,20,23). The fourth-order valence-electron chi connectivity index (χ4n) is 2.29. The number of rotatable bonds is 4. The predicted molar refractivity (Wildman–Crippen MR) is 88.6 cm³/mol. The van der Waals surface area contributed by atoms with E-state index in [9.17, 15) is 4.79 Å². The molecule has 0 radical (unpaired) electrons. The van der Waals surface area contributed by atoms with Crippen molar-refractivity contribution in [1.82, 2.24) is 19.7 Å². The summed E-state index contributed by atoms with van der Waals surface area (Å²) in [7, 11) is 1.78. The molecule has 4 N–H and O–H groups in total. The number of aromatic amines is 1. The highest BCUT2D eigenvalue weighted by Crippen LogP contribution is 2.24. The van der Waals surface area contributed by atoms with Crippen molar-refractivity contribution in [3.8, 4) is 0 Å². The molecule has 0 saturated heterocycles. The Hall–Kier alpha value is -3.16. The Balaban J connectivity index is 1.73. The van der Waals surface area contributed by atoms with E-state index in [-0.39, 0.29) is 18.2 Å². The zero-order valence-electron chi connectivity index (χ0n) is 12.9. The van der Waals surface area contributed by atoms with E-state index < -0.39 is 0 Å². The summed E-state index contributed by atoms with van der Waals surface area (Å²) < 4.78 is 1.61. The first-order valence-electron chi connectivity index (χ1n) is 7.07. The van der Waals surface area contributed by atoms with E-state index in [1.165, 1.54) is 0 Å². The molecular formula is C15H17N7O. The van der Waals surface area contributed by atoms with Gasteiger partial charge in [0.1, 0.15) is 11.5 Å². The molecular weight excluding hydrogens is 294 g/mol. The van der Waals surface area contributed by atoms with Crippen molar-refractivity contribution < 1.29 is 4.79 Å². The third-order valence-electron chi connectivity index (χ3n) is 3.42. The van der Waals surface area contributed by atoms with Crippen LogP contribution in [0, 0.1) is 6.92 Å². The summed E-state index contributed by atoms with van der Waals surface area (Å²) in [6, 6.07) is 1.93. The first-order chi connectivity index (χ1) is 11.0. The van der Waals surface area contributed by atoms with E-state index in [4.69, 9.17) is 5.73 Å². The molecule has 8 heteroatoms. The molecule has 3 aromatic heterocycles. The fourth-order valence-corrected chi connectivity index (χ4v) is 2.29. The van der Waals surface area contributed by atoms with E-state index in [0.29, 0.717) is 11.4 Å². The van der Waals surface area contributed by atoms with Crippen molar-refractivity contribution in [3.63, 3.8) is 0 Å². The van der Waals surface area contributed by atoms with Crippen molar-refractivity contribution in [2.75, 3.05) is 5.32 Å². The Bertz CT molecular complexity index is 890. The van der Waals surface area contributed by atoms with E-state index in [2.05, 4.69) is 25.4 Å². The summed E-state index contributed by atoms with van der Waals surface area (Å²) in [6.07, 6.45) is 6.74. The molecule has 3 aromatic rings. The SMILES string of the molecule is Cc1c(N=C(N)CC(=O)Nc2cnn(C)c2)cnc2[nH]ccc12. The second kappa shape index (κ2) is 5.91. The van der Waals surface area contributed by atoms with Crippen LogP contribution in [-0.2, 0) is 11.8 Å². The van der Waals surface area contributed by atoms with Gasteiger partial charge in [-0.1, -0.05) is 0 Å². The Kier molecular flexibility index (Phi) is 3.80. The molecule has 3 heterocycles. The Morgan fingerprint density at radius 2 is 2.30 bits per heavy atom. The lowest BCUT2D eigenvalue weighted by Gasteiger charge is -2.05. The van der Waals surface area contributed by atoms with Crippen LogP contribution in [0.1, 0.15) is 12.0 Å². The number of pyridine rings is 1. The number of fused-ring (bicyclic) bond motifs is 1. The summed E-state index contributed by atoms with van der Waals surface area (Å²) >= 11 is 0. The van der Waals surface area contributed by atoms with Gasteiger partial charge in [0.15, 0.2) is 0 Å². The first-order valence-corrected chi connectivity index (χ1v) is 7.07. The number of nitrogens with zero attached hydrogens (tertiary/aromatic N) is 4. The minimum Gasteiger partial charge on any atom is -0.387 e. The summed E-state index contributed by atoms with van der Waals surface area (Å²) in [5.74, 6) is -0.0150. The molecule has 0 bridgehead atoms. The molecule has 3 rings (SSSR count). The average molecular weight is 311 g/mol. The van der Waals surface area contributed by atoms with E-state index >= 15 is 0 Å². The summed E-state index contributed by atoms with van der Waals surface area (Å²) in [4.78, 5) is 23.6. The molecule has 1 amide bonds. The zero-order chi connectivity index (χ0) is 16.4. The van der Waals surface area contributed by atoms with Gasteiger partial charge in [0, 0.05) is 24.8 Å². The third-order valence-corrected chi connectivity index (χ3v) is 3.42. The Morgan fingerprint density at radius 3 is 3.04 bits per heavy atom. The molecule has 0 aliphatic carbocycles. The number of hydrogen-bond acceptors (Lipinski definition) is 4. The van der Waals surface area contributed by atoms with Crippen LogP contribution in [0.15, 0.2) is 35.8 Å². The zero-order valence-corrected chi connectivity index (χ0v) is 12.9. The molecule has 0 aliphatic rings. The molecule has 0 aliphatic heterocycles. The maximum Gasteiger partial charge on any atom is 0.232 e. The lowest BCUT2D eigenvalue weighted by molar-refractivity contribution is -0.115. The fraction of sp³-hybridized carbons (Fsp3) is 0.200. The number of aliphatic imine (C=N–C) groups is 1. The number of aromatic nitrogens is 4. The lowest BCUT2D eigenvalue weighted by Crippen LogP contribution is -2.21. The summed E-state index contributed by atoms with van der Waals surface area (Å²) in [5, 5.41) is 7.68. The summed E-state index contributed by atoms with van der Waals surface area (Å²) in [6.45, 7) is 1.94. The number of H-pyrrole nitrogens is 1. The maximum absolute atomic E-state index is 11.9. The lowest BCUT2D eigenvalue weighted by atomic mass is 10.2. The first kappa shape index (κ1) is 14.8. The van der Waals surface area contributed by atoms with E-state index in [1.54, 1.807) is 30.3 Å². The minimum atomic E-state index is -0.243. The molecule has 0 spiro atoms. The van der Waals surface area contributed by atoms with Crippen molar-refractivity contribution in [2.45, 2.75) is 13.3 Å². The van der Waals surface area contributed by atoms with Gasteiger partial charge in [0.2, 0.25) is 5.91 Å². The van der Waals surface area contributed by atoms with E-state index in [0.717, 1.165) is 16.6 Å². The number of carbonyl (C=O) groups excluding carboxylic acids is 1. The molecule has 23 heavy (non-hydrogen) atoms. The maximum atomic E-state index is 11.9. The highest BCUT2D eigenvalue weighted by atomic mass is 16.1. The number of anilines is 1. The third kappa shape index (κ3) is 3.20. The highest BCUT2D eigenvalue weighted by molar-refractivity contribution is 6.05. The Labute approximate surface area is 132 Å². The van der Waals surface area contributed by atoms with Gasteiger partial charge in [0.25, 0.3) is 0 Å². The minimum absolute atomic E-state index is 0.000488. The molecule has 0 aromatic carbocycles. The van der Waals surface area contributed by atoms with Gasteiger partial charge in [-0.3, -0.25) is 9.48 Å². The quantitative estimate of drug-likeness (QED) is 0.501. The molecule has 0 fully saturated rings. The van der Waals surface area contributed by atoms with Crippen molar-refractivity contribution in [2.24, 2.45) is 17.8 Å². The van der Waals surface area contributed by atoms with Gasteiger partial charge in [-0.15, -0.1) is 0 Å². The smallest absolute Gasteiger partial charge is 0.232 e. The molecule has 0 saturated carbocycles. The second-order valence-electron chi connectivity index (χ2n) is 5.24. The Morgan fingerprint density at radius 1 is 1.48 bits per heavy atom. The number of aryl methyl sites for hydroxylation is 2. The molecule has 0 unspecified atom stereocenters. The second-order valence-corrected chi connectivity index (χ2v) is 5.24. The van der Waals surface area contributed by atoms with Gasteiger partial charge in [-0.25, -0.2) is 9.98 Å². The summed E-state index contributed by atoms with van der Waals surface area (Å²) in [5.41, 5.74) is 8.93. The van der Waals surface area contributed by atoms with Crippen molar-refractivity contribution >= 4 is 34.2 Å². The molecule has 8 nitrogen and oxygen atoms in total. The van der Waals surface area contributed by atoms with Gasteiger partial charge in [0.05, 0.1) is 30.2 Å². The molecule has 118 valence electrons. The van der Waals surface area contributed by atoms with Crippen LogP contribution in [0.4, 0.5) is 11.4 Å². The van der Waals surface area contributed by atoms with Crippen LogP contribution < -0.4 is 11.1 Å². The largest absolute Gasteiger partial charge is 0.387 e. The topological polar surface area (TPSA) is 114 Å². The number of amides is 1. The van der Waals surface area contributed by atoms with Crippen molar-refractivity contribution in [1.29, 1.82) is 0 Å². The van der Waals surface area contributed by atoms with Crippen LogP contribution in [0.25, 0.3) is 11.0 Å². The van der Waals surface area contributed by atoms with Crippen molar-refractivity contribution in [3.05, 3.63) is 36.4 Å². The van der Waals surface area contributed by atoms with Crippen LogP contribution in [0.5, 0.6) is 0 Å². The van der Waals surface area contributed by atoms with Crippen LogP contribution in [0.2, 0.25) is 0 Å². The number of nitrogens with two attached hydrogens (primary N) is 1. The molecule has 0 atom stereocenters. The van der Waals surface area contributed by atoms with Crippen LogP contribution >= 0.6 is 0 Å². The van der Waals surface area contributed by atoms with Gasteiger partial charge < -0.3 is 16.0 Å². The van der Waals surface area contributed by atoms with Crippen LogP contribution in [-0.4, -0.2) is 31.5 Å². The van der Waals surface area contributed by atoms with E-state index in [1.807, 2.05) is 19.2 Å². The monoisotopic (exact) mass is 311 g/mol. The number of carbonyl (C=O) groups is 1. The average Bonchev–Trinajstić information content (AvgIpc) is 3.11. The van der Waals surface area contributed by atoms with Gasteiger partial charge >= 0.3 is 0 Å².